The Bertz CT molecular complexity index is 942. The third-order valence-corrected chi connectivity index (χ3v) is 4.64. The fraction of sp³-hybridized carbons (Fsp3) is 0.421. The number of carbonyl (C=O) groups excluding carboxylic acids is 2. The van der Waals surface area contributed by atoms with Crippen molar-refractivity contribution >= 4 is 17.9 Å². The molecule has 0 radical (unpaired) electrons. The Labute approximate surface area is 162 Å². The van der Waals surface area contributed by atoms with Crippen LogP contribution in [-0.2, 0) is 4.79 Å². The van der Waals surface area contributed by atoms with Crippen molar-refractivity contribution in [1.29, 1.82) is 0 Å². The molecule has 3 amide bonds. The molecule has 0 unspecified atom stereocenters. The molecule has 9 nitrogen and oxygen atoms in total. The summed E-state index contributed by atoms with van der Waals surface area (Å²) >= 11 is 0. The molecule has 1 aliphatic heterocycles. The lowest BCUT2D eigenvalue weighted by atomic mass is 10.1. The topological polar surface area (TPSA) is 107 Å². The quantitative estimate of drug-likeness (QED) is 0.764. The summed E-state index contributed by atoms with van der Waals surface area (Å²) in [6, 6.07) is 4.84. The Morgan fingerprint density at radius 2 is 2.04 bits per heavy atom. The highest BCUT2D eigenvalue weighted by Crippen LogP contribution is 2.32. The molecule has 1 N–H and O–H groups in total. The van der Waals surface area contributed by atoms with Gasteiger partial charge in [0.25, 0.3) is 5.91 Å². The average Bonchev–Trinajstić information content (AvgIpc) is 3.43. The molecule has 2 fully saturated rings. The monoisotopic (exact) mass is 383 g/mol. The zero-order valence-electron chi connectivity index (χ0n) is 15.9. The fourth-order valence-corrected chi connectivity index (χ4v) is 2.76. The number of ether oxygens (including phenoxy) is 2. The molecule has 1 aromatic carbocycles. The summed E-state index contributed by atoms with van der Waals surface area (Å²) in [5, 5.41) is 2.58. The van der Waals surface area contributed by atoms with Gasteiger partial charge in [-0.25, -0.2) is 9.78 Å². The van der Waals surface area contributed by atoms with Crippen LogP contribution in [0.5, 0.6) is 17.5 Å². The van der Waals surface area contributed by atoms with Crippen LogP contribution in [0, 0.1) is 12.8 Å². The van der Waals surface area contributed by atoms with Gasteiger partial charge < -0.3 is 14.8 Å². The van der Waals surface area contributed by atoms with E-state index in [2.05, 4.69) is 20.3 Å². The Kier molecular flexibility index (Phi) is 4.37. The fourth-order valence-electron chi connectivity index (χ4n) is 2.76. The standard InChI is InChI=1S/C19H21N5O4/c1-11-4-7-13(8-14(11)27-9-12-5-6-12)28-17-21-10-20-16(22-17)24-15(25)19(2,3)23-18(24)26/h4,7-8,10,12H,5-6,9H2,1-3H3,(H,23,26). The average molecular weight is 383 g/mol. The van der Waals surface area contributed by atoms with E-state index in [4.69, 9.17) is 9.47 Å². The number of imide groups is 1. The third-order valence-electron chi connectivity index (χ3n) is 4.64. The highest BCUT2D eigenvalue weighted by atomic mass is 16.5. The number of carbonyl (C=O) groups is 2. The van der Waals surface area contributed by atoms with E-state index in [-0.39, 0.29) is 12.0 Å². The van der Waals surface area contributed by atoms with Crippen LogP contribution in [-0.4, -0.2) is 39.0 Å². The van der Waals surface area contributed by atoms with Gasteiger partial charge in [0.05, 0.1) is 6.61 Å². The second-order valence-electron chi connectivity index (χ2n) is 7.55. The summed E-state index contributed by atoms with van der Waals surface area (Å²) in [4.78, 5) is 37.4. The van der Waals surface area contributed by atoms with E-state index in [1.54, 1.807) is 26.0 Å². The molecule has 4 rings (SSSR count). The Morgan fingerprint density at radius 3 is 2.71 bits per heavy atom. The maximum atomic E-state index is 12.4. The van der Waals surface area contributed by atoms with Gasteiger partial charge in [0.15, 0.2) is 0 Å². The molecule has 1 aliphatic carbocycles. The van der Waals surface area contributed by atoms with E-state index in [0.717, 1.165) is 16.2 Å². The number of nitrogens with zero attached hydrogens (tertiary/aromatic N) is 4. The summed E-state index contributed by atoms with van der Waals surface area (Å²) in [5.74, 6) is 1.35. The normalized spacial score (nSPS) is 18.2. The molecule has 1 saturated heterocycles. The Morgan fingerprint density at radius 1 is 1.25 bits per heavy atom. The van der Waals surface area contributed by atoms with Crippen LogP contribution in [0.15, 0.2) is 24.5 Å². The van der Waals surface area contributed by atoms with Crippen molar-refractivity contribution in [1.82, 2.24) is 20.3 Å². The highest BCUT2D eigenvalue weighted by molar-refractivity contribution is 6.22. The smallest absolute Gasteiger partial charge is 0.332 e. The van der Waals surface area contributed by atoms with Crippen molar-refractivity contribution in [2.45, 2.75) is 39.2 Å². The lowest BCUT2D eigenvalue weighted by Crippen LogP contribution is -2.40. The van der Waals surface area contributed by atoms with Gasteiger partial charge in [0, 0.05) is 6.07 Å². The molecule has 0 spiro atoms. The molecule has 146 valence electrons. The van der Waals surface area contributed by atoms with Gasteiger partial charge in [-0.15, -0.1) is 0 Å². The molecule has 0 atom stereocenters. The molecule has 2 aromatic rings. The second-order valence-corrected chi connectivity index (χ2v) is 7.55. The molecule has 28 heavy (non-hydrogen) atoms. The zero-order chi connectivity index (χ0) is 19.9. The van der Waals surface area contributed by atoms with Crippen LogP contribution in [0.1, 0.15) is 32.3 Å². The van der Waals surface area contributed by atoms with Crippen LogP contribution in [0.3, 0.4) is 0 Å². The number of hydrogen-bond acceptors (Lipinski definition) is 7. The first-order valence-electron chi connectivity index (χ1n) is 9.10. The number of urea groups is 1. The minimum atomic E-state index is -1.02. The molecule has 1 aromatic heterocycles. The lowest BCUT2D eigenvalue weighted by Gasteiger charge is -2.14. The van der Waals surface area contributed by atoms with Crippen molar-refractivity contribution in [3.8, 4) is 17.5 Å². The number of aryl methyl sites for hydroxylation is 1. The van der Waals surface area contributed by atoms with Gasteiger partial charge in [-0.2, -0.15) is 14.9 Å². The maximum Gasteiger partial charge on any atom is 0.332 e. The first kappa shape index (κ1) is 18.1. The van der Waals surface area contributed by atoms with E-state index in [0.29, 0.717) is 18.3 Å². The summed E-state index contributed by atoms with van der Waals surface area (Å²) in [6.07, 6.45) is 3.62. The SMILES string of the molecule is Cc1ccc(Oc2ncnc(N3C(=O)NC(C)(C)C3=O)n2)cc1OCC1CC1. The number of aromatic nitrogens is 3. The van der Waals surface area contributed by atoms with Gasteiger partial charge >= 0.3 is 12.0 Å². The number of amides is 3. The molecule has 0 bridgehead atoms. The molecule has 2 heterocycles. The largest absolute Gasteiger partial charge is 0.493 e. The number of hydrogen-bond donors (Lipinski definition) is 1. The van der Waals surface area contributed by atoms with Gasteiger partial charge in [-0.3, -0.25) is 4.79 Å². The summed E-state index contributed by atoms with van der Waals surface area (Å²) in [7, 11) is 0. The first-order chi connectivity index (χ1) is 13.3. The first-order valence-corrected chi connectivity index (χ1v) is 9.10. The molecule has 1 saturated carbocycles. The van der Waals surface area contributed by atoms with E-state index >= 15 is 0 Å². The van der Waals surface area contributed by atoms with Crippen LogP contribution in [0.4, 0.5) is 10.7 Å². The number of nitrogens with one attached hydrogen (secondary N) is 1. The van der Waals surface area contributed by atoms with Crippen molar-refractivity contribution in [3.63, 3.8) is 0 Å². The zero-order valence-corrected chi connectivity index (χ0v) is 15.9. The van der Waals surface area contributed by atoms with Crippen LogP contribution < -0.4 is 19.7 Å². The number of benzene rings is 1. The Balaban J connectivity index is 1.53. The minimum absolute atomic E-state index is 0.0210. The van der Waals surface area contributed by atoms with Crippen molar-refractivity contribution in [3.05, 3.63) is 30.1 Å². The van der Waals surface area contributed by atoms with Crippen molar-refractivity contribution in [2.75, 3.05) is 11.5 Å². The minimum Gasteiger partial charge on any atom is -0.493 e. The summed E-state index contributed by atoms with van der Waals surface area (Å²) in [5.41, 5.74) is -0.0129. The van der Waals surface area contributed by atoms with Crippen LogP contribution in [0.25, 0.3) is 0 Å². The summed E-state index contributed by atoms with van der Waals surface area (Å²) in [6.45, 7) is 5.89. The van der Waals surface area contributed by atoms with Crippen LogP contribution in [0.2, 0.25) is 0 Å². The molecular formula is C19H21N5O4. The predicted molar refractivity (Wildman–Crippen MR) is 99.4 cm³/mol. The van der Waals surface area contributed by atoms with E-state index < -0.39 is 17.5 Å². The van der Waals surface area contributed by atoms with Gasteiger partial charge in [-0.1, -0.05) is 6.07 Å². The predicted octanol–water partition coefficient (Wildman–Crippen LogP) is 2.60. The molecule has 2 aliphatic rings. The Hall–Kier alpha value is -3.23. The highest BCUT2D eigenvalue weighted by Gasteiger charge is 2.46. The molecule has 9 heteroatoms. The number of anilines is 1. The van der Waals surface area contributed by atoms with Gasteiger partial charge in [-0.05, 0) is 51.2 Å². The van der Waals surface area contributed by atoms with Crippen LogP contribution >= 0.6 is 0 Å². The van der Waals surface area contributed by atoms with Crippen molar-refractivity contribution < 1.29 is 19.1 Å². The maximum absolute atomic E-state index is 12.4. The second kappa shape index (κ2) is 6.74. The molecular weight excluding hydrogens is 362 g/mol. The summed E-state index contributed by atoms with van der Waals surface area (Å²) < 4.78 is 11.6. The van der Waals surface area contributed by atoms with E-state index in [9.17, 15) is 9.59 Å². The van der Waals surface area contributed by atoms with E-state index in [1.165, 1.54) is 19.2 Å². The van der Waals surface area contributed by atoms with Gasteiger partial charge in [0.1, 0.15) is 23.4 Å². The van der Waals surface area contributed by atoms with Crippen molar-refractivity contribution in [2.24, 2.45) is 5.92 Å². The number of rotatable bonds is 6. The van der Waals surface area contributed by atoms with E-state index in [1.807, 2.05) is 13.0 Å². The van der Waals surface area contributed by atoms with Gasteiger partial charge in [0.2, 0.25) is 5.95 Å². The lowest BCUT2D eigenvalue weighted by molar-refractivity contribution is -0.121. The third kappa shape index (κ3) is 3.60.